The quantitative estimate of drug-likeness (QED) is 0.908. The van der Waals surface area contributed by atoms with Crippen LogP contribution < -0.4 is 5.32 Å². The highest BCUT2D eigenvalue weighted by Crippen LogP contribution is 2.19. The van der Waals surface area contributed by atoms with Crippen molar-refractivity contribution in [2.75, 3.05) is 19.8 Å². The van der Waals surface area contributed by atoms with Gasteiger partial charge in [-0.1, -0.05) is 6.92 Å². The molecule has 100 valence electrons. The minimum Gasteiger partial charge on any atom is -0.381 e. The van der Waals surface area contributed by atoms with E-state index in [1.807, 2.05) is 6.20 Å². The molecule has 2 rings (SSSR count). The van der Waals surface area contributed by atoms with Gasteiger partial charge in [0, 0.05) is 34.9 Å². The molecule has 0 aliphatic carbocycles. The van der Waals surface area contributed by atoms with Gasteiger partial charge in [-0.05, 0) is 53.9 Å². The maximum atomic E-state index is 5.61. The number of nitrogens with zero attached hydrogens (tertiary/aromatic N) is 1. The summed E-state index contributed by atoms with van der Waals surface area (Å²) in [7, 11) is 0. The SMILES string of the molecule is CCCNC1CCOCC1Cc1ccc(Br)cn1. The van der Waals surface area contributed by atoms with Crippen LogP contribution in [0.25, 0.3) is 0 Å². The van der Waals surface area contributed by atoms with Crippen LogP contribution in [0.5, 0.6) is 0 Å². The molecule has 0 bridgehead atoms. The Balaban J connectivity index is 1.94. The maximum Gasteiger partial charge on any atom is 0.0512 e. The van der Waals surface area contributed by atoms with Gasteiger partial charge in [0.1, 0.15) is 0 Å². The van der Waals surface area contributed by atoms with Gasteiger partial charge in [0.25, 0.3) is 0 Å². The van der Waals surface area contributed by atoms with Crippen LogP contribution in [-0.4, -0.2) is 30.8 Å². The normalized spacial score (nSPS) is 24.1. The molecule has 0 amide bonds. The van der Waals surface area contributed by atoms with Gasteiger partial charge in [-0.25, -0.2) is 0 Å². The summed E-state index contributed by atoms with van der Waals surface area (Å²) in [4.78, 5) is 4.46. The smallest absolute Gasteiger partial charge is 0.0512 e. The van der Waals surface area contributed by atoms with Gasteiger partial charge < -0.3 is 10.1 Å². The molecule has 2 heterocycles. The Labute approximate surface area is 117 Å². The van der Waals surface area contributed by atoms with Crippen molar-refractivity contribution in [2.24, 2.45) is 5.92 Å². The number of halogens is 1. The largest absolute Gasteiger partial charge is 0.381 e. The lowest BCUT2D eigenvalue weighted by atomic mass is 9.91. The Morgan fingerprint density at radius 3 is 3.11 bits per heavy atom. The fourth-order valence-corrected chi connectivity index (χ4v) is 2.63. The first kappa shape index (κ1) is 14.0. The minimum absolute atomic E-state index is 0.541. The zero-order valence-corrected chi connectivity index (χ0v) is 12.4. The second-order valence-electron chi connectivity index (χ2n) is 4.86. The number of hydrogen-bond donors (Lipinski definition) is 1. The molecule has 3 nitrogen and oxygen atoms in total. The molecule has 1 aliphatic rings. The lowest BCUT2D eigenvalue weighted by molar-refractivity contribution is 0.0319. The fourth-order valence-electron chi connectivity index (χ4n) is 2.39. The Morgan fingerprint density at radius 2 is 2.39 bits per heavy atom. The second kappa shape index (κ2) is 7.22. The van der Waals surface area contributed by atoms with Gasteiger partial charge in [-0.15, -0.1) is 0 Å². The molecule has 0 saturated carbocycles. The van der Waals surface area contributed by atoms with Crippen molar-refractivity contribution in [3.63, 3.8) is 0 Å². The molecular formula is C14H21BrN2O. The molecule has 1 saturated heterocycles. The molecule has 18 heavy (non-hydrogen) atoms. The number of pyridine rings is 1. The van der Waals surface area contributed by atoms with Crippen LogP contribution >= 0.6 is 15.9 Å². The molecule has 1 N–H and O–H groups in total. The second-order valence-corrected chi connectivity index (χ2v) is 5.77. The minimum atomic E-state index is 0.541. The van der Waals surface area contributed by atoms with Gasteiger partial charge in [-0.3, -0.25) is 4.98 Å². The number of nitrogens with one attached hydrogen (secondary N) is 1. The third kappa shape index (κ3) is 4.04. The number of ether oxygens (including phenoxy) is 1. The molecule has 0 spiro atoms. The summed E-state index contributed by atoms with van der Waals surface area (Å²) in [5, 5.41) is 3.64. The Kier molecular flexibility index (Phi) is 5.60. The predicted octanol–water partition coefficient (Wildman–Crippen LogP) is 2.79. The molecule has 1 aromatic rings. The van der Waals surface area contributed by atoms with Crippen molar-refractivity contribution < 1.29 is 4.74 Å². The number of rotatable bonds is 5. The van der Waals surface area contributed by atoms with E-state index in [1.54, 1.807) is 0 Å². The standard InChI is InChI=1S/C14H21BrN2O/c1-2-6-16-14-5-7-18-10-11(14)8-13-4-3-12(15)9-17-13/h3-4,9,11,14,16H,2,5-8,10H2,1H3. The van der Waals surface area contributed by atoms with Gasteiger partial charge in [0.15, 0.2) is 0 Å². The molecule has 1 aromatic heterocycles. The molecule has 1 fully saturated rings. The highest BCUT2D eigenvalue weighted by Gasteiger charge is 2.25. The van der Waals surface area contributed by atoms with E-state index in [-0.39, 0.29) is 0 Å². The van der Waals surface area contributed by atoms with Crippen molar-refractivity contribution in [2.45, 2.75) is 32.2 Å². The Hall–Kier alpha value is -0.450. The third-order valence-corrected chi connectivity index (χ3v) is 3.86. The number of hydrogen-bond acceptors (Lipinski definition) is 3. The van der Waals surface area contributed by atoms with E-state index in [1.165, 1.54) is 6.42 Å². The topological polar surface area (TPSA) is 34.1 Å². The Morgan fingerprint density at radius 1 is 1.50 bits per heavy atom. The first-order chi connectivity index (χ1) is 8.79. The highest BCUT2D eigenvalue weighted by molar-refractivity contribution is 9.10. The lowest BCUT2D eigenvalue weighted by Crippen LogP contribution is -2.44. The zero-order valence-electron chi connectivity index (χ0n) is 10.9. The summed E-state index contributed by atoms with van der Waals surface area (Å²) in [5.74, 6) is 0.541. The van der Waals surface area contributed by atoms with Crippen molar-refractivity contribution in [1.29, 1.82) is 0 Å². The average molecular weight is 313 g/mol. The van der Waals surface area contributed by atoms with Crippen LogP contribution in [0.2, 0.25) is 0 Å². The zero-order chi connectivity index (χ0) is 12.8. The van der Waals surface area contributed by atoms with E-state index in [9.17, 15) is 0 Å². The summed E-state index contributed by atoms with van der Waals surface area (Å²) in [5.41, 5.74) is 1.15. The lowest BCUT2D eigenvalue weighted by Gasteiger charge is -2.32. The number of aromatic nitrogens is 1. The van der Waals surface area contributed by atoms with Gasteiger partial charge in [-0.2, -0.15) is 0 Å². The van der Waals surface area contributed by atoms with Crippen LogP contribution in [0.3, 0.4) is 0 Å². The Bertz CT molecular complexity index is 355. The highest BCUT2D eigenvalue weighted by atomic mass is 79.9. The van der Waals surface area contributed by atoms with E-state index in [2.05, 4.69) is 45.3 Å². The maximum absolute atomic E-state index is 5.61. The molecule has 1 aliphatic heterocycles. The summed E-state index contributed by atoms with van der Waals surface area (Å²) in [6.45, 7) is 5.03. The molecular weight excluding hydrogens is 292 g/mol. The monoisotopic (exact) mass is 312 g/mol. The molecule has 4 heteroatoms. The van der Waals surface area contributed by atoms with Gasteiger partial charge in [0.2, 0.25) is 0 Å². The first-order valence-electron chi connectivity index (χ1n) is 6.71. The molecule has 0 radical (unpaired) electrons. The first-order valence-corrected chi connectivity index (χ1v) is 7.50. The average Bonchev–Trinajstić information content (AvgIpc) is 2.40. The van der Waals surface area contributed by atoms with Gasteiger partial charge in [0.05, 0.1) is 6.61 Å². The van der Waals surface area contributed by atoms with Crippen LogP contribution in [-0.2, 0) is 11.2 Å². The summed E-state index contributed by atoms with van der Waals surface area (Å²) in [6, 6.07) is 4.72. The van der Waals surface area contributed by atoms with Crippen molar-refractivity contribution in [3.05, 3.63) is 28.5 Å². The third-order valence-electron chi connectivity index (χ3n) is 3.39. The van der Waals surface area contributed by atoms with Crippen LogP contribution in [0, 0.1) is 5.92 Å². The van der Waals surface area contributed by atoms with Crippen molar-refractivity contribution in [1.82, 2.24) is 10.3 Å². The van der Waals surface area contributed by atoms with Crippen LogP contribution in [0.1, 0.15) is 25.5 Å². The fraction of sp³-hybridized carbons (Fsp3) is 0.643. The predicted molar refractivity (Wildman–Crippen MR) is 76.6 cm³/mol. The van der Waals surface area contributed by atoms with Crippen molar-refractivity contribution in [3.8, 4) is 0 Å². The van der Waals surface area contributed by atoms with E-state index in [4.69, 9.17) is 4.74 Å². The summed E-state index contributed by atoms with van der Waals surface area (Å²) in [6.07, 6.45) is 5.16. The van der Waals surface area contributed by atoms with E-state index in [0.29, 0.717) is 12.0 Å². The summed E-state index contributed by atoms with van der Waals surface area (Å²) >= 11 is 3.42. The molecule has 2 atom stereocenters. The van der Waals surface area contributed by atoms with E-state index < -0.39 is 0 Å². The van der Waals surface area contributed by atoms with E-state index >= 15 is 0 Å². The van der Waals surface area contributed by atoms with Crippen molar-refractivity contribution >= 4 is 15.9 Å². The van der Waals surface area contributed by atoms with E-state index in [0.717, 1.165) is 42.8 Å². The molecule has 0 aromatic carbocycles. The van der Waals surface area contributed by atoms with Crippen LogP contribution in [0.15, 0.2) is 22.8 Å². The summed E-state index contributed by atoms with van der Waals surface area (Å²) < 4.78 is 6.65. The van der Waals surface area contributed by atoms with Crippen LogP contribution in [0.4, 0.5) is 0 Å². The van der Waals surface area contributed by atoms with Gasteiger partial charge >= 0.3 is 0 Å². The molecule has 2 unspecified atom stereocenters.